The predicted molar refractivity (Wildman–Crippen MR) is 47.4 cm³/mol. The van der Waals surface area contributed by atoms with E-state index in [0.717, 1.165) is 0 Å². The summed E-state index contributed by atoms with van der Waals surface area (Å²) in [5, 5.41) is 0.171. The summed E-state index contributed by atoms with van der Waals surface area (Å²) < 4.78 is 39.8. The van der Waals surface area contributed by atoms with Gasteiger partial charge in [-0.25, -0.2) is 0 Å². The van der Waals surface area contributed by atoms with E-state index in [1.807, 2.05) is 0 Å². The van der Waals surface area contributed by atoms with Gasteiger partial charge in [0.25, 0.3) is 0 Å². The topological polar surface area (TPSA) is 35.2 Å². The minimum Gasteiger partial charge on any atom is -0.482 e. The van der Waals surface area contributed by atoms with Crippen LogP contribution in [0.15, 0.2) is 18.2 Å². The van der Waals surface area contributed by atoms with Crippen LogP contribution in [-0.4, -0.2) is 12.8 Å². The Hall–Kier alpha value is -1.10. The third-order valence-electron chi connectivity index (χ3n) is 1.40. The maximum atomic E-state index is 11.8. The van der Waals surface area contributed by atoms with Gasteiger partial charge in [0.2, 0.25) is 0 Å². The zero-order valence-electron chi connectivity index (χ0n) is 6.94. The van der Waals surface area contributed by atoms with Crippen LogP contribution in [0.4, 0.5) is 18.9 Å². The SMILES string of the molecule is Nc1c(Cl)cccc1OCC(F)(F)F. The quantitative estimate of drug-likeness (QED) is 0.786. The van der Waals surface area contributed by atoms with Crippen LogP contribution in [0.3, 0.4) is 0 Å². The minimum absolute atomic E-state index is 0.0124. The molecule has 0 atom stereocenters. The first-order chi connectivity index (χ1) is 6.40. The molecule has 1 rings (SSSR count). The molecule has 0 saturated heterocycles. The molecule has 0 aliphatic rings. The molecule has 2 N–H and O–H groups in total. The van der Waals surface area contributed by atoms with Crippen molar-refractivity contribution in [3.8, 4) is 5.75 Å². The van der Waals surface area contributed by atoms with Crippen molar-refractivity contribution in [2.45, 2.75) is 6.18 Å². The van der Waals surface area contributed by atoms with Gasteiger partial charge >= 0.3 is 6.18 Å². The van der Waals surface area contributed by atoms with E-state index in [1.54, 1.807) is 0 Å². The molecule has 2 nitrogen and oxygen atoms in total. The molecule has 1 aromatic rings. The van der Waals surface area contributed by atoms with E-state index >= 15 is 0 Å². The number of para-hydroxylation sites is 1. The van der Waals surface area contributed by atoms with Gasteiger partial charge in [-0.1, -0.05) is 17.7 Å². The van der Waals surface area contributed by atoms with Crippen molar-refractivity contribution in [3.05, 3.63) is 23.2 Å². The van der Waals surface area contributed by atoms with E-state index in [2.05, 4.69) is 4.74 Å². The molecule has 0 aromatic heterocycles. The number of rotatable bonds is 2. The average Bonchev–Trinajstić information content (AvgIpc) is 2.06. The highest BCUT2D eigenvalue weighted by molar-refractivity contribution is 6.33. The Labute approximate surface area is 83.4 Å². The molecule has 0 spiro atoms. The van der Waals surface area contributed by atoms with Crippen molar-refractivity contribution in [3.63, 3.8) is 0 Å². The number of ether oxygens (including phenoxy) is 1. The molecule has 6 heteroatoms. The van der Waals surface area contributed by atoms with Crippen molar-refractivity contribution in [2.75, 3.05) is 12.3 Å². The summed E-state index contributed by atoms with van der Waals surface area (Å²) in [5.41, 5.74) is 5.40. The summed E-state index contributed by atoms with van der Waals surface area (Å²) in [4.78, 5) is 0. The zero-order valence-corrected chi connectivity index (χ0v) is 7.69. The second kappa shape index (κ2) is 3.96. The molecule has 0 amide bonds. The van der Waals surface area contributed by atoms with Crippen molar-refractivity contribution < 1.29 is 17.9 Å². The Morgan fingerprint density at radius 3 is 2.57 bits per heavy atom. The first kappa shape index (κ1) is 11.0. The smallest absolute Gasteiger partial charge is 0.422 e. The number of hydrogen-bond acceptors (Lipinski definition) is 2. The van der Waals surface area contributed by atoms with Crippen LogP contribution < -0.4 is 10.5 Å². The summed E-state index contributed by atoms with van der Waals surface area (Å²) in [6, 6.07) is 4.26. The number of anilines is 1. The summed E-state index contributed by atoms with van der Waals surface area (Å²) in [5.74, 6) is -0.0603. The van der Waals surface area contributed by atoms with Crippen LogP contribution in [0, 0.1) is 0 Å². The second-order valence-electron chi connectivity index (χ2n) is 2.56. The molecular weight excluding hydrogens is 219 g/mol. The fourth-order valence-electron chi connectivity index (χ4n) is 0.803. The normalized spacial score (nSPS) is 11.4. The average molecular weight is 226 g/mol. The maximum Gasteiger partial charge on any atom is 0.422 e. The highest BCUT2D eigenvalue weighted by atomic mass is 35.5. The molecule has 0 bridgehead atoms. The second-order valence-corrected chi connectivity index (χ2v) is 2.96. The number of nitrogens with two attached hydrogens (primary N) is 1. The van der Waals surface area contributed by atoms with Crippen LogP contribution in [0.5, 0.6) is 5.75 Å². The van der Waals surface area contributed by atoms with Gasteiger partial charge in [0, 0.05) is 0 Å². The lowest BCUT2D eigenvalue weighted by atomic mass is 10.3. The third kappa shape index (κ3) is 2.99. The molecule has 0 radical (unpaired) electrons. The van der Waals surface area contributed by atoms with Gasteiger partial charge in [0.1, 0.15) is 5.75 Å². The first-order valence-electron chi connectivity index (χ1n) is 3.63. The van der Waals surface area contributed by atoms with Gasteiger partial charge in [-0.2, -0.15) is 13.2 Å². The van der Waals surface area contributed by atoms with E-state index in [4.69, 9.17) is 17.3 Å². The van der Waals surface area contributed by atoms with Crippen molar-refractivity contribution in [2.24, 2.45) is 0 Å². The van der Waals surface area contributed by atoms with Gasteiger partial charge < -0.3 is 10.5 Å². The van der Waals surface area contributed by atoms with Crippen LogP contribution in [-0.2, 0) is 0 Å². The highest BCUT2D eigenvalue weighted by Gasteiger charge is 2.28. The first-order valence-corrected chi connectivity index (χ1v) is 4.01. The molecule has 78 valence electrons. The lowest BCUT2D eigenvalue weighted by molar-refractivity contribution is -0.153. The van der Waals surface area contributed by atoms with E-state index in [1.165, 1.54) is 18.2 Å². The molecule has 0 saturated carbocycles. The predicted octanol–water partition coefficient (Wildman–Crippen LogP) is 2.86. The molecule has 0 unspecified atom stereocenters. The van der Waals surface area contributed by atoms with Gasteiger partial charge in [-0.15, -0.1) is 0 Å². The maximum absolute atomic E-state index is 11.8. The van der Waals surface area contributed by atoms with Gasteiger partial charge in [-0.05, 0) is 12.1 Å². The summed E-state index contributed by atoms with van der Waals surface area (Å²) in [6.07, 6.45) is -4.38. The Bertz CT molecular complexity index is 327. The third-order valence-corrected chi connectivity index (χ3v) is 1.73. The fourth-order valence-corrected chi connectivity index (χ4v) is 0.969. The molecule has 0 aliphatic heterocycles. The van der Waals surface area contributed by atoms with Crippen molar-refractivity contribution in [1.82, 2.24) is 0 Å². The molecule has 0 fully saturated rings. The molecule has 1 aromatic carbocycles. The van der Waals surface area contributed by atoms with Gasteiger partial charge in [-0.3, -0.25) is 0 Å². The van der Waals surface area contributed by atoms with Crippen LogP contribution >= 0.6 is 11.6 Å². The van der Waals surface area contributed by atoms with Crippen LogP contribution in [0.1, 0.15) is 0 Å². The van der Waals surface area contributed by atoms with E-state index in [-0.39, 0.29) is 16.5 Å². The molecule has 0 aliphatic carbocycles. The Morgan fingerprint density at radius 1 is 1.36 bits per heavy atom. The van der Waals surface area contributed by atoms with E-state index in [0.29, 0.717) is 0 Å². The molecule has 0 heterocycles. The van der Waals surface area contributed by atoms with Crippen LogP contribution in [0.25, 0.3) is 0 Å². The number of benzene rings is 1. The van der Waals surface area contributed by atoms with Crippen molar-refractivity contribution in [1.29, 1.82) is 0 Å². The summed E-state index contributed by atoms with van der Waals surface area (Å²) in [6.45, 7) is -1.38. The number of hydrogen-bond donors (Lipinski definition) is 1. The van der Waals surface area contributed by atoms with E-state index in [9.17, 15) is 13.2 Å². The lowest BCUT2D eigenvalue weighted by Gasteiger charge is -2.11. The Balaban J connectivity index is 2.73. The Morgan fingerprint density at radius 2 is 2.00 bits per heavy atom. The highest BCUT2D eigenvalue weighted by Crippen LogP contribution is 2.30. The van der Waals surface area contributed by atoms with Crippen LogP contribution in [0.2, 0.25) is 5.02 Å². The summed E-state index contributed by atoms with van der Waals surface area (Å²) in [7, 11) is 0. The zero-order chi connectivity index (χ0) is 10.8. The van der Waals surface area contributed by atoms with Gasteiger partial charge in [0.15, 0.2) is 6.61 Å². The number of halogens is 4. The standard InChI is InChI=1S/C8H7ClF3NO/c9-5-2-1-3-6(7(5)13)14-4-8(10,11)12/h1-3H,4,13H2. The Kier molecular flexibility index (Phi) is 3.10. The molecule has 14 heavy (non-hydrogen) atoms. The lowest BCUT2D eigenvalue weighted by Crippen LogP contribution is -2.19. The minimum atomic E-state index is -4.38. The van der Waals surface area contributed by atoms with Crippen molar-refractivity contribution >= 4 is 17.3 Å². The van der Waals surface area contributed by atoms with Gasteiger partial charge in [0.05, 0.1) is 10.7 Å². The monoisotopic (exact) mass is 225 g/mol. The summed E-state index contributed by atoms with van der Waals surface area (Å²) >= 11 is 5.58. The number of alkyl halides is 3. The molecular formula is C8H7ClF3NO. The fraction of sp³-hybridized carbons (Fsp3) is 0.250. The number of nitrogen functional groups attached to an aromatic ring is 1. The largest absolute Gasteiger partial charge is 0.482 e. The van der Waals surface area contributed by atoms with E-state index < -0.39 is 12.8 Å².